The van der Waals surface area contributed by atoms with E-state index in [1.165, 1.54) is 12.0 Å². The molecule has 1 aliphatic rings. The van der Waals surface area contributed by atoms with Crippen LogP contribution in [0.1, 0.15) is 24.1 Å². The number of Topliss-reactive ketones (excluding diaryl/α,β-unsaturated/α-hetero) is 1. The van der Waals surface area contributed by atoms with Gasteiger partial charge in [0.05, 0.1) is 24.8 Å². The lowest BCUT2D eigenvalue weighted by Gasteiger charge is -2.25. The number of aliphatic hydroxyl groups is 1. The first-order valence-corrected chi connectivity index (χ1v) is 9.14. The molecule has 146 valence electrons. The van der Waals surface area contributed by atoms with Crippen molar-refractivity contribution in [2.45, 2.75) is 13.0 Å². The molecule has 0 aliphatic carbocycles. The molecule has 1 amide bonds. The first-order valence-electron chi connectivity index (χ1n) is 9.14. The topological polar surface area (TPSA) is 76.1 Å². The van der Waals surface area contributed by atoms with Crippen molar-refractivity contribution >= 4 is 17.4 Å². The summed E-state index contributed by atoms with van der Waals surface area (Å²) in [5.74, 6) is -0.909. The zero-order valence-corrected chi connectivity index (χ0v) is 15.9. The smallest absolute Gasteiger partial charge is 0.295 e. The molecule has 0 spiro atoms. The Kier molecular flexibility index (Phi) is 6.11. The monoisotopic (exact) mass is 381 g/mol. The van der Waals surface area contributed by atoms with E-state index < -0.39 is 17.7 Å². The highest BCUT2D eigenvalue weighted by Gasteiger charge is 2.45. The van der Waals surface area contributed by atoms with Gasteiger partial charge in [-0.15, -0.1) is 0 Å². The number of carbonyl (C=O) groups excluding carboxylic acids is 2. The second-order valence-corrected chi connectivity index (χ2v) is 6.36. The number of hydrogen-bond donors (Lipinski definition) is 1. The standard InChI is InChI=1S/C22H23NO5/c1-3-28-17-11-7-10-16(14-17)19-18(20(24)15-8-5-4-6-9-15)21(25)22(26)23(19)12-13-27-2/h4-11,14,19,24H,3,12-13H2,1-2H3/b20-18-. The highest BCUT2D eigenvalue weighted by atomic mass is 16.5. The van der Waals surface area contributed by atoms with Crippen LogP contribution in [0.25, 0.3) is 5.76 Å². The number of hydrogen-bond acceptors (Lipinski definition) is 5. The molecule has 6 nitrogen and oxygen atoms in total. The van der Waals surface area contributed by atoms with Crippen LogP contribution in [0.15, 0.2) is 60.2 Å². The van der Waals surface area contributed by atoms with E-state index in [1.54, 1.807) is 36.4 Å². The van der Waals surface area contributed by atoms with Crippen LogP contribution in [0.3, 0.4) is 0 Å². The summed E-state index contributed by atoms with van der Waals surface area (Å²) in [4.78, 5) is 26.9. The summed E-state index contributed by atoms with van der Waals surface area (Å²) in [6.07, 6.45) is 0. The number of rotatable bonds is 7. The third-order valence-electron chi connectivity index (χ3n) is 4.61. The molecule has 0 bridgehead atoms. The number of amides is 1. The second kappa shape index (κ2) is 8.71. The first kappa shape index (κ1) is 19.6. The average molecular weight is 381 g/mol. The molecule has 0 saturated carbocycles. The lowest BCUT2D eigenvalue weighted by Crippen LogP contribution is -2.32. The molecule has 3 rings (SSSR count). The van der Waals surface area contributed by atoms with E-state index in [0.717, 1.165) is 0 Å². The van der Waals surface area contributed by atoms with Crippen molar-refractivity contribution in [3.8, 4) is 5.75 Å². The molecule has 0 radical (unpaired) electrons. The zero-order chi connectivity index (χ0) is 20.1. The third-order valence-corrected chi connectivity index (χ3v) is 4.61. The number of methoxy groups -OCH3 is 1. The summed E-state index contributed by atoms with van der Waals surface area (Å²) in [7, 11) is 1.53. The molecule has 1 heterocycles. The minimum atomic E-state index is -0.712. The Labute approximate surface area is 164 Å². The summed E-state index contributed by atoms with van der Waals surface area (Å²) >= 11 is 0. The summed E-state index contributed by atoms with van der Waals surface area (Å²) in [5, 5.41) is 10.9. The Hall–Kier alpha value is -3.12. The lowest BCUT2D eigenvalue weighted by molar-refractivity contribution is -0.140. The van der Waals surface area contributed by atoms with Crippen LogP contribution >= 0.6 is 0 Å². The summed E-state index contributed by atoms with van der Waals surface area (Å²) in [6, 6.07) is 15.3. The van der Waals surface area contributed by atoms with Gasteiger partial charge >= 0.3 is 0 Å². The van der Waals surface area contributed by atoms with E-state index in [2.05, 4.69) is 0 Å². The van der Waals surface area contributed by atoms with Gasteiger partial charge in [-0.1, -0.05) is 42.5 Å². The molecule has 0 aromatic heterocycles. The molecule has 1 atom stereocenters. The van der Waals surface area contributed by atoms with Gasteiger partial charge in [-0.2, -0.15) is 0 Å². The highest BCUT2D eigenvalue weighted by molar-refractivity contribution is 6.46. The number of carbonyl (C=O) groups is 2. The van der Waals surface area contributed by atoms with Crippen molar-refractivity contribution in [2.24, 2.45) is 0 Å². The lowest BCUT2D eigenvalue weighted by atomic mass is 9.95. The molecule has 2 aromatic rings. The SMILES string of the molecule is CCOc1cccc(C2/C(=C(/O)c3ccccc3)C(=O)C(=O)N2CCOC)c1. The number of ether oxygens (including phenoxy) is 2. The Morgan fingerprint density at radius 1 is 1.11 bits per heavy atom. The van der Waals surface area contributed by atoms with Crippen LogP contribution in [-0.2, 0) is 14.3 Å². The quantitative estimate of drug-likeness (QED) is 0.453. The van der Waals surface area contributed by atoms with Gasteiger partial charge in [-0.05, 0) is 24.6 Å². The van der Waals surface area contributed by atoms with Crippen LogP contribution in [-0.4, -0.2) is 48.6 Å². The highest BCUT2D eigenvalue weighted by Crippen LogP contribution is 2.40. The zero-order valence-electron chi connectivity index (χ0n) is 15.9. The van der Waals surface area contributed by atoms with Gasteiger partial charge < -0.3 is 19.5 Å². The van der Waals surface area contributed by atoms with E-state index >= 15 is 0 Å². The fraction of sp³-hybridized carbons (Fsp3) is 0.273. The Balaban J connectivity index is 2.14. The van der Waals surface area contributed by atoms with Crippen molar-refractivity contribution in [3.05, 3.63) is 71.3 Å². The maximum absolute atomic E-state index is 12.8. The molecule has 1 aliphatic heterocycles. The predicted molar refractivity (Wildman–Crippen MR) is 105 cm³/mol. The van der Waals surface area contributed by atoms with E-state index in [4.69, 9.17) is 9.47 Å². The number of benzene rings is 2. The van der Waals surface area contributed by atoms with Crippen molar-refractivity contribution in [3.63, 3.8) is 0 Å². The van der Waals surface area contributed by atoms with E-state index in [-0.39, 0.29) is 24.5 Å². The van der Waals surface area contributed by atoms with Crippen LogP contribution in [0.2, 0.25) is 0 Å². The Morgan fingerprint density at radius 3 is 2.54 bits per heavy atom. The molecular weight excluding hydrogens is 358 g/mol. The van der Waals surface area contributed by atoms with Gasteiger partial charge in [0.15, 0.2) is 0 Å². The molecule has 1 fully saturated rings. The molecular formula is C22H23NO5. The van der Waals surface area contributed by atoms with Crippen molar-refractivity contribution in [1.29, 1.82) is 0 Å². The van der Waals surface area contributed by atoms with Gasteiger partial charge in [0.25, 0.3) is 11.7 Å². The van der Waals surface area contributed by atoms with Crippen LogP contribution < -0.4 is 4.74 Å². The van der Waals surface area contributed by atoms with Crippen molar-refractivity contribution in [2.75, 3.05) is 26.9 Å². The number of nitrogens with zero attached hydrogens (tertiary/aromatic N) is 1. The maximum atomic E-state index is 12.8. The molecule has 1 unspecified atom stereocenters. The summed E-state index contributed by atoms with van der Waals surface area (Å²) < 4.78 is 10.7. The third kappa shape index (κ3) is 3.77. The Bertz CT molecular complexity index is 891. The maximum Gasteiger partial charge on any atom is 0.295 e. The van der Waals surface area contributed by atoms with Gasteiger partial charge in [-0.25, -0.2) is 0 Å². The summed E-state index contributed by atoms with van der Waals surface area (Å²) in [5.41, 5.74) is 1.25. The first-order chi connectivity index (χ1) is 13.6. The van der Waals surface area contributed by atoms with Crippen LogP contribution in [0, 0.1) is 0 Å². The number of ketones is 1. The van der Waals surface area contributed by atoms with Gasteiger partial charge in [0, 0.05) is 19.2 Å². The van der Waals surface area contributed by atoms with Crippen molar-refractivity contribution < 1.29 is 24.2 Å². The molecule has 1 N–H and O–H groups in total. The largest absolute Gasteiger partial charge is 0.507 e. The van der Waals surface area contributed by atoms with E-state index in [9.17, 15) is 14.7 Å². The van der Waals surface area contributed by atoms with E-state index in [1.807, 2.05) is 25.1 Å². The predicted octanol–water partition coefficient (Wildman–Crippen LogP) is 3.15. The average Bonchev–Trinajstić information content (AvgIpc) is 2.97. The Morgan fingerprint density at radius 2 is 1.86 bits per heavy atom. The van der Waals surface area contributed by atoms with E-state index in [0.29, 0.717) is 23.5 Å². The van der Waals surface area contributed by atoms with Crippen LogP contribution in [0.5, 0.6) is 5.75 Å². The van der Waals surface area contributed by atoms with Crippen molar-refractivity contribution in [1.82, 2.24) is 4.90 Å². The molecule has 1 saturated heterocycles. The fourth-order valence-corrected chi connectivity index (χ4v) is 3.34. The number of likely N-dealkylation sites (tertiary alicyclic amines) is 1. The second-order valence-electron chi connectivity index (χ2n) is 6.36. The van der Waals surface area contributed by atoms with Crippen LogP contribution in [0.4, 0.5) is 0 Å². The fourth-order valence-electron chi connectivity index (χ4n) is 3.34. The minimum absolute atomic E-state index is 0.0703. The van der Waals surface area contributed by atoms with Gasteiger partial charge in [0.2, 0.25) is 0 Å². The molecule has 6 heteroatoms. The minimum Gasteiger partial charge on any atom is -0.507 e. The molecule has 2 aromatic carbocycles. The summed E-state index contributed by atoms with van der Waals surface area (Å²) in [6.45, 7) is 2.89. The van der Waals surface area contributed by atoms with Gasteiger partial charge in [0.1, 0.15) is 11.5 Å². The number of aliphatic hydroxyl groups excluding tert-OH is 1. The molecule has 28 heavy (non-hydrogen) atoms. The normalized spacial score (nSPS) is 18.5. The van der Waals surface area contributed by atoms with Gasteiger partial charge in [-0.3, -0.25) is 9.59 Å².